The molecule has 2 atom stereocenters. The first-order valence-corrected chi connectivity index (χ1v) is 6.98. The third kappa shape index (κ3) is 2.59. The van der Waals surface area contributed by atoms with Crippen molar-refractivity contribution in [1.82, 2.24) is 14.9 Å². The van der Waals surface area contributed by atoms with Gasteiger partial charge < -0.3 is 10.8 Å². The molecule has 8 heteroatoms. The number of anilines is 1. The molecule has 0 saturated heterocycles. The summed E-state index contributed by atoms with van der Waals surface area (Å²) < 4.78 is 26.4. The molecule has 0 aromatic carbocycles. The van der Waals surface area contributed by atoms with Crippen LogP contribution in [-0.4, -0.2) is 35.9 Å². The fourth-order valence-corrected chi connectivity index (χ4v) is 3.34. The zero-order valence-corrected chi connectivity index (χ0v) is 10.1. The van der Waals surface area contributed by atoms with Gasteiger partial charge in [-0.15, -0.1) is 0 Å². The quantitative estimate of drug-likeness (QED) is 0.588. The molecule has 0 spiro atoms. The van der Waals surface area contributed by atoms with Gasteiger partial charge in [-0.1, -0.05) is 12.8 Å². The predicted molar refractivity (Wildman–Crippen MR) is 61.6 cm³/mol. The van der Waals surface area contributed by atoms with Crippen molar-refractivity contribution in [2.24, 2.45) is 0 Å². The van der Waals surface area contributed by atoms with E-state index in [1.807, 2.05) is 0 Å². The lowest BCUT2D eigenvalue weighted by Gasteiger charge is -2.27. The second-order valence-corrected chi connectivity index (χ2v) is 5.91. The standard InChI is InChI=1S/C9H16N4O3S/c10-9-8(5-11-12-9)17(15,16)13-6-3-1-2-4-7(6)14/h5-7,13-14H,1-4H2,(H3,10,11,12). The van der Waals surface area contributed by atoms with E-state index in [2.05, 4.69) is 14.9 Å². The van der Waals surface area contributed by atoms with Gasteiger partial charge in [0.1, 0.15) is 10.7 Å². The van der Waals surface area contributed by atoms with E-state index in [1.165, 1.54) is 0 Å². The van der Waals surface area contributed by atoms with Crippen molar-refractivity contribution in [2.45, 2.75) is 42.7 Å². The Balaban J connectivity index is 2.15. The van der Waals surface area contributed by atoms with Crippen LogP contribution in [0.15, 0.2) is 11.1 Å². The summed E-state index contributed by atoms with van der Waals surface area (Å²) in [6.45, 7) is 0. The first-order chi connectivity index (χ1) is 8.00. The van der Waals surface area contributed by atoms with Crippen LogP contribution in [0.2, 0.25) is 0 Å². The first-order valence-electron chi connectivity index (χ1n) is 5.50. The largest absolute Gasteiger partial charge is 0.391 e. The van der Waals surface area contributed by atoms with E-state index in [0.29, 0.717) is 12.8 Å². The summed E-state index contributed by atoms with van der Waals surface area (Å²) in [6, 6.07) is -0.442. The molecule has 96 valence electrons. The van der Waals surface area contributed by atoms with Gasteiger partial charge in [-0.05, 0) is 12.8 Å². The van der Waals surface area contributed by atoms with Crippen molar-refractivity contribution >= 4 is 15.8 Å². The van der Waals surface area contributed by atoms with Gasteiger partial charge in [0.15, 0.2) is 0 Å². The van der Waals surface area contributed by atoms with E-state index in [0.717, 1.165) is 19.0 Å². The Morgan fingerprint density at radius 1 is 1.47 bits per heavy atom. The zero-order chi connectivity index (χ0) is 12.5. The van der Waals surface area contributed by atoms with Crippen molar-refractivity contribution in [2.75, 3.05) is 5.73 Å². The van der Waals surface area contributed by atoms with Crippen LogP contribution in [0.3, 0.4) is 0 Å². The first kappa shape index (κ1) is 12.3. The number of aliphatic hydroxyl groups is 1. The minimum atomic E-state index is -3.71. The summed E-state index contributed by atoms with van der Waals surface area (Å²) in [6.07, 6.45) is 3.61. The monoisotopic (exact) mass is 260 g/mol. The number of nitrogen functional groups attached to an aromatic ring is 1. The number of nitrogens with zero attached hydrogens (tertiary/aromatic N) is 1. The van der Waals surface area contributed by atoms with Crippen molar-refractivity contribution in [3.05, 3.63) is 6.20 Å². The number of sulfonamides is 1. The topological polar surface area (TPSA) is 121 Å². The van der Waals surface area contributed by atoms with Crippen LogP contribution < -0.4 is 10.5 Å². The summed E-state index contributed by atoms with van der Waals surface area (Å²) in [5.41, 5.74) is 5.47. The van der Waals surface area contributed by atoms with Crippen LogP contribution in [-0.2, 0) is 10.0 Å². The Morgan fingerprint density at radius 3 is 2.76 bits per heavy atom. The molecular formula is C9H16N4O3S. The summed E-state index contributed by atoms with van der Waals surface area (Å²) in [7, 11) is -3.71. The number of nitrogens with one attached hydrogen (secondary N) is 2. The Kier molecular flexibility index (Phi) is 3.36. The minimum Gasteiger partial charge on any atom is -0.391 e. The van der Waals surface area contributed by atoms with Crippen molar-refractivity contribution < 1.29 is 13.5 Å². The highest BCUT2D eigenvalue weighted by atomic mass is 32.2. The smallest absolute Gasteiger partial charge is 0.246 e. The van der Waals surface area contributed by atoms with E-state index in [1.54, 1.807) is 0 Å². The molecule has 2 unspecified atom stereocenters. The van der Waals surface area contributed by atoms with E-state index in [-0.39, 0.29) is 10.7 Å². The van der Waals surface area contributed by atoms with E-state index in [9.17, 15) is 13.5 Å². The van der Waals surface area contributed by atoms with Gasteiger partial charge in [0.25, 0.3) is 0 Å². The van der Waals surface area contributed by atoms with Crippen LogP contribution in [0.1, 0.15) is 25.7 Å². The fourth-order valence-electron chi connectivity index (χ4n) is 2.01. The molecule has 0 amide bonds. The van der Waals surface area contributed by atoms with Crippen LogP contribution >= 0.6 is 0 Å². The number of hydrogen-bond acceptors (Lipinski definition) is 5. The highest BCUT2D eigenvalue weighted by molar-refractivity contribution is 7.89. The summed E-state index contributed by atoms with van der Waals surface area (Å²) in [5.74, 6) is 0.00259. The van der Waals surface area contributed by atoms with Gasteiger partial charge in [-0.3, -0.25) is 5.10 Å². The lowest BCUT2D eigenvalue weighted by Crippen LogP contribution is -2.45. The molecule has 0 radical (unpaired) electrons. The highest BCUT2D eigenvalue weighted by Gasteiger charge is 2.29. The number of aromatic nitrogens is 2. The van der Waals surface area contributed by atoms with Gasteiger partial charge in [-0.2, -0.15) is 5.10 Å². The molecule has 5 N–H and O–H groups in total. The molecule has 1 aromatic heterocycles. The number of nitrogens with two attached hydrogens (primary N) is 1. The molecule has 1 fully saturated rings. The minimum absolute atomic E-state index is 0.00259. The summed E-state index contributed by atoms with van der Waals surface area (Å²) in [4.78, 5) is -0.0738. The van der Waals surface area contributed by atoms with Crippen molar-refractivity contribution in [3.63, 3.8) is 0 Å². The van der Waals surface area contributed by atoms with Crippen LogP contribution in [0, 0.1) is 0 Å². The van der Waals surface area contributed by atoms with E-state index >= 15 is 0 Å². The normalized spacial score (nSPS) is 25.9. The van der Waals surface area contributed by atoms with Gasteiger partial charge in [-0.25, -0.2) is 13.1 Å². The van der Waals surface area contributed by atoms with Crippen LogP contribution in [0.4, 0.5) is 5.82 Å². The van der Waals surface area contributed by atoms with Gasteiger partial charge >= 0.3 is 0 Å². The maximum Gasteiger partial charge on any atom is 0.246 e. The number of hydrogen-bond donors (Lipinski definition) is 4. The fraction of sp³-hybridized carbons (Fsp3) is 0.667. The Hall–Kier alpha value is -1.12. The number of aromatic amines is 1. The molecule has 0 bridgehead atoms. The third-order valence-corrected chi connectivity index (χ3v) is 4.48. The van der Waals surface area contributed by atoms with Crippen molar-refractivity contribution in [1.29, 1.82) is 0 Å². The average molecular weight is 260 g/mol. The Morgan fingerprint density at radius 2 is 2.18 bits per heavy atom. The lowest BCUT2D eigenvalue weighted by molar-refractivity contribution is 0.101. The lowest BCUT2D eigenvalue weighted by atomic mass is 9.93. The molecule has 1 saturated carbocycles. The number of H-pyrrole nitrogens is 1. The molecule has 2 rings (SSSR count). The van der Waals surface area contributed by atoms with E-state index in [4.69, 9.17) is 5.73 Å². The summed E-state index contributed by atoms with van der Waals surface area (Å²) in [5, 5.41) is 15.7. The second kappa shape index (κ2) is 4.63. The highest BCUT2D eigenvalue weighted by Crippen LogP contribution is 2.21. The molecule has 1 heterocycles. The zero-order valence-electron chi connectivity index (χ0n) is 9.26. The Bertz CT molecular complexity index is 484. The van der Waals surface area contributed by atoms with Crippen LogP contribution in [0.5, 0.6) is 0 Å². The Labute approximate surface area is 99.5 Å². The number of aliphatic hydroxyl groups excluding tert-OH is 1. The number of rotatable bonds is 3. The average Bonchev–Trinajstić information content (AvgIpc) is 2.68. The molecule has 7 nitrogen and oxygen atoms in total. The maximum absolute atomic E-state index is 12.0. The molecule has 17 heavy (non-hydrogen) atoms. The SMILES string of the molecule is Nc1[nH]ncc1S(=O)(=O)NC1CCCCC1O. The third-order valence-electron chi connectivity index (χ3n) is 2.96. The molecule has 0 aliphatic heterocycles. The summed E-state index contributed by atoms with van der Waals surface area (Å²) >= 11 is 0. The van der Waals surface area contributed by atoms with E-state index < -0.39 is 22.2 Å². The van der Waals surface area contributed by atoms with Gasteiger partial charge in [0, 0.05) is 6.04 Å². The van der Waals surface area contributed by atoms with Crippen molar-refractivity contribution in [3.8, 4) is 0 Å². The van der Waals surface area contributed by atoms with Gasteiger partial charge in [0.05, 0.1) is 12.3 Å². The van der Waals surface area contributed by atoms with Crippen LogP contribution in [0.25, 0.3) is 0 Å². The molecule has 1 aliphatic rings. The van der Waals surface area contributed by atoms with Gasteiger partial charge in [0.2, 0.25) is 10.0 Å². The molecule has 1 aliphatic carbocycles. The predicted octanol–water partition coefficient (Wildman–Crippen LogP) is -0.426. The maximum atomic E-state index is 12.0. The second-order valence-electron chi connectivity index (χ2n) is 4.23. The molecular weight excluding hydrogens is 244 g/mol. The molecule has 1 aromatic rings.